The van der Waals surface area contributed by atoms with E-state index in [-0.39, 0.29) is 12.1 Å². The number of para-hydroxylation sites is 2. The minimum absolute atomic E-state index is 0.0296. The molecule has 1 aliphatic heterocycles. The van der Waals surface area contributed by atoms with Gasteiger partial charge in [0.25, 0.3) is 0 Å². The SMILES string of the molecule is O=C(NC1C2CC3CC1CC(O)(C3)C2)N1CC=Nc2ccccc21. The summed E-state index contributed by atoms with van der Waals surface area (Å²) in [5.41, 5.74) is 1.26. The second-order valence-electron chi connectivity index (χ2n) is 8.08. The van der Waals surface area contributed by atoms with Crippen LogP contribution in [0, 0.1) is 17.8 Å². The van der Waals surface area contributed by atoms with Crippen LogP contribution in [0.4, 0.5) is 16.2 Å². The van der Waals surface area contributed by atoms with Crippen LogP contribution < -0.4 is 10.2 Å². The van der Waals surface area contributed by atoms with Crippen molar-refractivity contribution in [2.24, 2.45) is 22.7 Å². The van der Waals surface area contributed by atoms with E-state index < -0.39 is 5.60 Å². The first kappa shape index (κ1) is 14.5. The minimum atomic E-state index is -0.456. The third-order valence-electron chi connectivity index (χ3n) is 6.44. The number of hydrogen-bond acceptors (Lipinski definition) is 3. The van der Waals surface area contributed by atoms with Gasteiger partial charge in [0.1, 0.15) is 0 Å². The average Bonchev–Trinajstić information content (AvgIpc) is 2.56. The molecular formula is C19H23N3O2. The highest BCUT2D eigenvalue weighted by Gasteiger charge is 2.55. The lowest BCUT2D eigenvalue weighted by molar-refractivity contribution is -0.136. The first-order valence-corrected chi connectivity index (χ1v) is 9.03. The van der Waals surface area contributed by atoms with Gasteiger partial charge in [0.05, 0.1) is 23.5 Å². The van der Waals surface area contributed by atoms with Crippen LogP contribution in [0.3, 0.4) is 0 Å². The molecule has 2 amide bonds. The van der Waals surface area contributed by atoms with Gasteiger partial charge in [-0.25, -0.2) is 4.79 Å². The van der Waals surface area contributed by atoms with Gasteiger partial charge >= 0.3 is 6.03 Å². The van der Waals surface area contributed by atoms with E-state index in [1.54, 1.807) is 11.1 Å². The average molecular weight is 325 g/mol. The van der Waals surface area contributed by atoms with Gasteiger partial charge in [-0.15, -0.1) is 0 Å². The normalized spacial score (nSPS) is 39.0. The Morgan fingerprint density at radius 3 is 2.71 bits per heavy atom. The molecule has 6 rings (SSSR count). The van der Waals surface area contributed by atoms with E-state index in [9.17, 15) is 9.90 Å². The van der Waals surface area contributed by atoms with Crippen LogP contribution in [0.1, 0.15) is 32.1 Å². The smallest absolute Gasteiger partial charge is 0.322 e. The van der Waals surface area contributed by atoms with E-state index in [0.29, 0.717) is 24.3 Å². The molecule has 4 fully saturated rings. The largest absolute Gasteiger partial charge is 0.390 e. The second-order valence-corrected chi connectivity index (χ2v) is 8.08. The van der Waals surface area contributed by atoms with Crippen LogP contribution in [0.25, 0.3) is 0 Å². The zero-order valence-electron chi connectivity index (χ0n) is 13.7. The summed E-state index contributed by atoms with van der Waals surface area (Å²) >= 11 is 0. The van der Waals surface area contributed by atoms with E-state index in [1.165, 1.54) is 0 Å². The predicted octanol–water partition coefficient (Wildman–Crippen LogP) is 2.86. The number of nitrogens with one attached hydrogen (secondary N) is 1. The molecule has 4 aliphatic carbocycles. The molecule has 5 aliphatic rings. The van der Waals surface area contributed by atoms with E-state index in [0.717, 1.165) is 43.5 Å². The third kappa shape index (κ3) is 2.18. The van der Waals surface area contributed by atoms with E-state index in [4.69, 9.17) is 0 Å². The number of amides is 2. The van der Waals surface area contributed by atoms with Crippen molar-refractivity contribution in [3.05, 3.63) is 24.3 Å². The fourth-order valence-electron chi connectivity index (χ4n) is 5.75. The van der Waals surface area contributed by atoms with Crippen LogP contribution in [0.15, 0.2) is 29.3 Å². The lowest BCUT2D eigenvalue weighted by Gasteiger charge is -2.58. The molecule has 1 aromatic rings. The maximum Gasteiger partial charge on any atom is 0.322 e. The van der Waals surface area contributed by atoms with Crippen LogP contribution in [0.2, 0.25) is 0 Å². The highest BCUT2D eigenvalue weighted by Crippen LogP contribution is 2.55. The fourth-order valence-corrected chi connectivity index (χ4v) is 5.75. The van der Waals surface area contributed by atoms with E-state index in [2.05, 4.69) is 10.3 Å². The van der Waals surface area contributed by atoms with Gasteiger partial charge in [0.15, 0.2) is 0 Å². The maximum atomic E-state index is 12.9. The fraction of sp³-hybridized carbons (Fsp3) is 0.579. The Bertz CT molecular complexity index is 700. The molecule has 0 radical (unpaired) electrons. The van der Waals surface area contributed by atoms with Crippen molar-refractivity contribution in [1.29, 1.82) is 0 Å². The number of benzene rings is 1. The summed E-state index contributed by atoms with van der Waals surface area (Å²) in [6, 6.07) is 7.95. The number of nitrogens with zero attached hydrogens (tertiary/aromatic N) is 2. The number of rotatable bonds is 1. The number of hydrogen-bond donors (Lipinski definition) is 2. The van der Waals surface area contributed by atoms with Crippen molar-refractivity contribution in [2.45, 2.75) is 43.7 Å². The molecule has 0 saturated heterocycles. The van der Waals surface area contributed by atoms with Gasteiger partial charge in [-0.2, -0.15) is 0 Å². The Kier molecular flexibility index (Phi) is 3.05. The molecule has 2 unspecified atom stereocenters. The van der Waals surface area contributed by atoms with E-state index in [1.807, 2.05) is 24.3 Å². The zero-order valence-corrected chi connectivity index (χ0v) is 13.7. The van der Waals surface area contributed by atoms with Gasteiger partial charge in [0, 0.05) is 12.3 Å². The summed E-state index contributed by atoms with van der Waals surface area (Å²) in [5.74, 6) is 1.52. The first-order valence-electron chi connectivity index (χ1n) is 9.03. The molecule has 0 spiro atoms. The Hall–Kier alpha value is -1.88. The summed E-state index contributed by atoms with van der Waals surface area (Å²) in [6.45, 7) is 0.511. The van der Waals surface area contributed by atoms with Gasteiger partial charge in [-0.3, -0.25) is 9.89 Å². The summed E-state index contributed by atoms with van der Waals surface area (Å²) < 4.78 is 0. The molecule has 126 valence electrons. The van der Waals surface area contributed by atoms with Crippen molar-refractivity contribution in [3.8, 4) is 0 Å². The minimum Gasteiger partial charge on any atom is -0.390 e. The second kappa shape index (κ2) is 5.06. The van der Waals surface area contributed by atoms with Crippen molar-refractivity contribution in [2.75, 3.05) is 11.4 Å². The predicted molar refractivity (Wildman–Crippen MR) is 92.8 cm³/mol. The van der Waals surface area contributed by atoms with E-state index >= 15 is 0 Å². The van der Waals surface area contributed by atoms with Gasteiger partial charge < -0.3 is 10.4 Å². The van der Waals surface area contributed by atoms with Crippen molar-refractivity contribution in [3.63, 3.8) is 0 Å². The van der Waals surface area contributed by atoms with Gasteiger partial charge in [-0.1, -0.05) is 12.1 Å². The quantitative estimate of drug-likeness (QED) is 0.834. The molecule has 4 bridgehead atoms. The molecule has 1 heterocycles. The summed E-state index contributed by atoms with van der Waals surface area (Å²) in [7, 11) is 0. The lowest BCUT2D eigenvalue weighted by atomic mass is 9.52. The van der Waals surface area contributed by atoms with Gasteiger partial charge in [0.2, 0.25) is 0 Å². The van der Waals surface area contributed by atoms with Crippen LogP contribution >= 0.6 is 0 Å². The number of anilines is 1. The Morgan fingerprint density at radius 2 is 1.96 bits per heavy atom. The van der Waals surface area contributed by atoms with Crippen molar-refractivity contribution in [1.82, 2.24) is 5.32 Å². The topological polar surface area (TPSA) is 64.9 Å². The molecule has 2 N–H and O–H groups in total. The molecule has 5 nitrogen and oxygen atoms in total. The Balaban J connectivity index is 1.36. The Labute approximate surface area is 141 Å². The third-order valence-corrected chi connectivity index (χ3v) is 6.44. The Morgan fingerprint density at radius 1 is 1.21 bits per heavy atom. The number of carbonyl (C=O) groups excluding carboxylic acids is 1. The zero-order chi connectivity index (χ0) is 16.3. The van der Waals surface area contributed by atoms with Gasteiger partial charge in [-0.05, 0) is 62.0 Å². The molecule has 5 heteroatoms. The standard InChI is InChI=1S/C19H23N3O2/c23-18(22-6-5-20-15-3-1-2-4-16(15)22)21-17-13-7-12-8-14(17)11-19(24,9-12)10-13/h1-5,12-14,17,24H,6-11H2,(H,21,23). The monoisotopic (exact) mass is 325 g/mol. The molecule has 24 heavy (non-hydrogen) atoms. The summed E-state index contributed by atoms with van der Waals surface area (Å²) in [4.78, 5) is 19.1. The number of carbonyl (C=O) groups is 1. The molecule has 0 aromatic heterocycles. The number of fused-ring (bicyclic) bond motifs is 1. The van der Waals surface area contributed by atoms with Crippen molar-refractivity contribution < 1.29 is 9.90 Å². The van der Waals surface area contributed by atoms with Crippen LogP contribution in [-0.2, 0) is 0 Å². The molecule has 1 aromatic carbocycles. The van der Waals surface area contributed by atoms with Crippen LogP contribution in [0.5, 0.6) is 0 Å². The molecule has 4 saturated carbocycles. The molecular weight excluding hydrogens is 302 g/mol. The maximum absolute atomic E-state index is 12.9. The van der Waals surface area contributed by atoms with Crippen molar-refractivity contribution >= 4 is 23.6 Å². The number of aliphatic hydroxyl groups is 1. The highest BCUT2D eigenvalue weighted by atomic mass is 16.3. The summed E-state index contributed by atoms with van der Waals surface area (Å²) in [5, 5.41) is 14.0. The summed E-state index contributed by atoms with van der Waals surface area (Å²) in [6.07, 6.45) is 6.77. The number of aliphatic imine (C=N–C) groups is 1. The highest BCUT2D eigenvalue weighted by molar-refractivity contribution is 6.00. The number of urea groups is 1. The lowest BCUT2D eigenvalue weighted by Crippen LogP contribution is -2.63. The molecule has 2 atom stereocenters. The van der Waals surface area contributed by atoms with Crippen LogP contribution in [-0.4, -0.2) is 35.5 Å². The first-order chi connectivity index (χ1) is 11.6.